The summed E-state index contributed by atoms with van der Waals surface area (Å²) in [6, 6.07) is 4.39. The number of hydrogen-bond acceptors (Lipinski definition) is 3. The van der Waals surface area contributed by atoms with E-state index in [9.17, 15) is 12.8 Å². The summed E-state index contributed by atoms with van der Waals surface area (Å²) < 4.78 is 40.4. The summed E-state index contributed by atoms with van der Waals surface area (Å²) in [5.41, 5.74) is 0. The molecule has 0 fully saturated rings. The van der Waals surface area contributed by atoms with Crippen LogP contribution in [0.15, 0.2) is 22.7 Å². The number of benzene rings is 1. The zero-order chi connectivity index (χ0) is 12.9. The Labute approximate surface area is 112 Å². The minimum absolute atomic E-state index is 0.0983. The van der Waals surface area contributed by atoms with E-state index in [4.69, 9.17) is 15.4 Å². The van der Waals surface area contributed by atoms with E-state index in [1.807, 2.05) is 0 Å². The Morgan fingerprint density at radius 2 is 2.06 bits per heavy atom. The van der Waals surface area contributed by atoms with Gasteiger partial charge >= 0.3 is 0 Å². The third-order valence-corrected chi connectivity index (χ3v) is 3.67. The maximum absolute atomic E-state index is 13.2. The lowest BCUT2D eigenvalue weighted by Gasteiger charge is -2.07. The van der Waals surface area contributed by atoms with E-state index in [2.05, 4.69) is 15.9 Å². The molecule has 0 aliphatic heterocycles. The fraction of sp³-hybridized carbons (Fsp3) is 0.400. The van der Waals surface area contributed by atoms with E-state index in [0.29, 0.717) is 12.8 Å². The molecule has 0 N–H and O–H groups in total. The molecule has 7 heteroatoms. The van der Waals surface area contributed by atoms with Crippen LogP contribution in [0.2, 0.25) is 0 Å². The van der Waals surface area contributed by atoms with Gasteiger partial charge in [-0.15, -0.1) is 0 Å². The van der Waals surface area contributed by atoms with Gasteiger partial charge in [-0.05, 0) is 31.0 Å². The Balaban J connectivity index is 2.34. The second-order valence-corrected chi connectivity index (χ2v) is 7.19. The summed E-state index contributed by atoms with van der Waals surface area (Å²) in [6.45, 7) is 0.250. The topological polar surface area (TPSA) is 43.4 Å². The van der Waals surface area contributed by atoms with Crippen LogP contribution in [0, 0.1) is 5.82 Å². The number of halogens is 3. The molecule has 3 nitrogen and oxygen atoms in total. The van der Waals surface area contributed by atoms with Crippen LogP contribution < -0.4 is 4.74 Å². The molecule has 0 heterocycles. The molecule has 0 atom stereocenters. The van der Waals surface area contributed by atoms with E-state index in [1.165, 1.54) is 12.1 Å². The highest BCUT2D eigenvalue weighted by molar-refractivity contribution is 9.10. The van der Waals surface area contributed by atoms with E-state index in [-0.39, 0.29) is 18.1 Å². The number of unbranched alkanes of at least 4 members (excludes halogenated alkanes) is 1. The normalized spacial score (nSPS) is 11.5. The fourth-order valence-corrected chi connectivity index (χ4v) is 2.36. The van der Waals surface area contributed by atoms with Crippen molar-refractivity contribution in [1.82, 2.24) is 0 Å². The Kier molecular flexibility index (Phi) is 5.69. The molecule has 1 aromatic carbocycles. The number of hydrogen-bond donors (Lipinski definition) is 0. The van der Waals surface area contributed by atoms with Crippen LogP contribution >= 0.6 is 26.6 Å². The summed E-state index contributed by atoms with van der Waals surface area (Å²) in [5.74, 6) is -0.398. The van der Waals surface area contributed by atoms with Gasteiger partial charge in [0.25, 0.3) is 0 Å². The van der Waals surface area contributed by atoms with Crippen LogP contribution in [-0.4, -0.2) is 20.8 Å². The van der Waals surface area contributed by atoms with Crippen molar-refractivity contribution in [2.75, 3.05) is 12.4 Å². The maximum atomic E-state index is 13.2. The van der Waals surface area contributed by atoms with Gasteiger partial charge < -0.3 is 4.74 Å². The molecule has 0 aliphatic rings. The number of rotatable bonds is 6. The van der Waals surface area contributed by atoms with Crippen molar-refractivity contribution >= 4 is 35.7 Å². The molecule has 1 aromatic rings. The molecule has 0 bridgehead atoms. The molecule has 0 aromatic heterocycles. The summed E-state index contributed by atoms with van der Waals surface area (Å²) in [7, 11) is 1.59. The van der Waals surface area contributed by atoms with Crippen molar-refractivity contribution in [2.24, 2.45) is 0 Å². The molecule has 1 rings (SSSR count). The van der Waals surface area contributed by atoms with Gasteiger partial charge in [-0.3, -0.25) is 0 Å². The zero-order valence-corrected chi connectivity index (χ0v) is 12.0. The first kappa shape index (κ1) is 14.7. The Morgan fingerprint density at radius 3 is 2.71 bits per heavy atom. The van der Waals surface area contributed by atoms with Crippen molar-refractivity contribution < 1.29 is 17.5 Å². The lowest BCUT2D eigenvalue weighted by molar-refractivity contribution is 0.294. The van der Waals surface area contributed by atoms with Gasteiger partial charge in [0.15, 0.2) is 11.6 Å². The highest BCUT2D eigenvalue weighted by atomic mass is 79.9. The van der Waals surface area contributed by atoms with Crippen molar-refractivity contribution in [2.45, 2.75) is 12.8 Å². The molecule has 0 saturated heterocycles. The quantitative estimate of drug-likeness (QED) is 0.587. The lowest BCUT2D eigenvalue weighted by atomic mass is 10.3. The first-order valence-electron chi connectivity index (χ1n) is 4.89. The monoisotopic (exact) mass is 344 g/mol. The fourth-order valence-electron chi connectivity index (χ4n) is 1.15. The molecule has 0 saturated carbocycles. The van der Waals surface area contributed by atoms with Crippen LogP contribution in [0.3, 0.4) is 0 Å². The van der Waals surface area contributed by atoms with Gasteiger partial charge in [-0.25, -0.2) is 12.8 Å². The summed E-state index contributed by atoms with van der Waals surface area (Å²) in [6.07, 6.45) is 0.888. The zero-order valence-electron chi connectivity index (χ0n) is 8.83. The molecule has 0 aliphatic carbocycles. The number of ether oxygens (including phenoxy) is 1. The van der Waals surface area contributed by atoms with Crippen LogP contribution in [-0.2, 0) is 9.05 Å². The second kappa shape index (κ2) is 6.56. The van der Waals surface area contributed by atoms with Crippen LogP contribution in [0.4, 0.5) is 4.39 Å². The van der Waals surface area contributed by atoms with Crippen molar-refractivity contribution in [3.05, 3.63) is 28.5 Å². The smallest absolute Gasteiger partial charge is 0.232 e. The molecule has 0 spiro atoms. The van der Waals surface area contributed by atoms with Crippen LogP contribution in [0.1, 0.15) is 12.8 Å². The first-order valence-corrected chi connectivity index (χ1v) is 8.16. The second-order valence-electron chi connectivity index (χ2n) is 3.37. The standard InChI is InChI=1S/C10H11BrClFO3S/c11-8-3-4-9(13)10(7-8)16-5-1-2-6-17(12,14)15/h3-4,7H,1-2,5-6H2. The third kappa shape index (κ3) is 6.24. The predicted molar refractivity (Wildman–Crippen MR) is 68.5 cm³/mol. The summed E-state index contributed by atoms with van der Waals surface area (Å²) in [5, 5.41) is 0. The average Bonchev–Trinajstić information content (AvgIpc) is 2.21. The Bertz CT molecular complexity index is 478. The predicted octanol–water partition coefficient (Wildman–Crippen LogP) is 3.32. The van der Waals surface area contributed by atoms with Gasteiger partial charge in [-0.2, -0.15) is 0 Å². The molecule has 96 valence electrons. The molecule has 0 radical (unpaired) electrons. The third-order valence-electron chi connectivity index (χ3n) is 1.93. The average molecular weight is 346 g/mol. The van der Waals surface area contributed by atoms with E-state index in [0.717, 1.165) is 4.47 Å². The molecule has 0 unspecified atom stereocenters. The summed E-state index contributed by atoms with van der Waals surface area (Å²) in [4.78, 5) is 0. The van der Waals surface area contributed by atoms with Gasteiger partial charge in [0.2, 0.25) is 9.05 Å². The largest absolute Gasteiger partial charge is 0.490 e. The first-order chi connectivity index (χ1) is 7.88. The molecular weight excluding hydrogens is 335 g/mol. The minimum Gasteiger partial charge on any atom is -0.490 e. The Morgan fingerprint density at radius 1 is 1.35 bits per heavy atom. The molecular formula is C10H11BrClFO3S. The highest BCUT2D eigenvalue weighted by Crippen LogP contribution is 2.22. The van der Waals surface area contributed by atoms with Gasteiger partial charge in [-0.1, -0.05) is 15.9 Å². The Hall–Kier alpha value is -0.330. The highest BCUT2D eigenvalue weighted by Gasteiger charge is 2.06. The lowest BCUT2D eigenvalue weighted by Crippen LogP contribution is -2.03. The molecule has 0 amide bonds. The van der Waals surface area contributed by atoms with E-state index >= 15 is 0 Å². The van der Waals surface area contributed by atoms with E-state index < -0.39 is 14.9 Å². The van der Waals surface area contributed by atoms with Gasteiger partial charge in [0.1, 0.15) is 0 Å². The van der Waals surface area contributed by atoms with Gasteiger partial charge in [0, 0.05) is 15.2 Å². The molecule has 17 heavy (non-hydrogen) atoms. The van der Waals surface area contributed by atoms with Gasteiger partial charge in [0.05, 0.1) is 12.4 Å². The van der Waals surface area contributed by atoms with Crippen molar-refractivity contribution in [1.29, 1.82) is 0 Å². The summed E-state index contributed by atoms with van der Waals surface area (Å²) >= 11 is 3.20. The van der Waals surface area contributed by atoms with Crippen LogP contribution in [0.5, 0.6) is 5.75 Å². The SMILES string of the molecule is O=S(=O)(Cl)CCCCOc1cc(Br)ccc1F. The van der Waals surface area contributed by atoms with Crippen LogP contribution in [0.25, 0.3) is 0 Å². The van der Waals surface area contributed by atoms with Crippen molar-refractivity contribution in [3.63, 3.8) is 0 Å². The minimum atomic E-state index is -3.45. The maximum Gasteiger partial charge on any atom is 0.232 e. The van der Waals surface area contributed by atoms with E-state index in [1.54, 1.807) is 6.07 Å². The van der Waals surface area contributed by atoms with Crippen molar-refractivity contribution in [3.8, 4) is 5.75 Å².